The van der Waals surface area contributed by atoms with Crippen molar-refractivity contribution in [2.24, 2.45) is 5.18 Å². The van der Waals surface area contributed by atoms with E-state index >= 15 is 0 Å². The Morgan fingerprint density at radius 1 is 1.07 bits per heavy atom. The predicted molar refractivity (Wildman–Crippen MR) is 105 cm³/mol. The number of pyridine rings is 1. The quantitative estimate of drug-likeness (QED) is 0.470. The molecule has 5 nitrogen and oxygen atoms in total. The summed E-state index contributed by atoms with van der Waals surface area (Å²) >= 11 is 3.11. The van der Waals surface area contributed by atoms with Crippen molar-refractivity contribution in [2.75, 3.05) is 0 Å². The van der Waals surface area contributed by atoms with Crippen molar-refractivity contribution in [3.63, 3.8) is 0 Å². The fourth-order valence-corrected chi connectivity index (χ4v) is 3.28. The van der Waals surface area contributed by atoms with Crippen molar-refractivity contribution in [2.45, 2.75) is 20.1 Å². The summed E-state index contributed by atoms with van der Waals surface area (Å²) in [7, 11) is 0. The molecule has 0 spiro atoms. The van der Waals surface area contributed by atoms with E-state index in [2.05, 4.69) is 21.1 Å². The van der Waals surface area contributed by atoms with E-state index in [4.69, 9.17) is 4.74 Å². The van der Waals surface area contributed by atoms with Crippen LogP contribution in [-0.2, 0) is 13.2 Å². The SMILES string of the molecule is Cc1cc(OCc2ccc(F)cc2CN=O)c(Br)c(=O)n1-c1c(F)cccc1F. The fraction of sp³-hybridized carbons (Fsp3) is 0.150. The van der Waals surface area contributed by atoms with Gasteiger partial charge in [0.15, 0.2) is 0 Å². The van der Waals surface area contributed by atoms with Crippen LogP contribution in [0, 0.1) is 29.3 Å². The molecule has 0 amide bonds. The number of rotatable bonds is 6. The molecule has 3 rings (SSSR count). The Balaban J connectivity index is 1.98. The molecule has 0 radical (unpaired) electrons. The molecule has 0 saturated heterocycles. The molecule has 0 aliphatic rings. The summed E-state index contributed by atoms with van der Waals surface area (Å²) < 4.78 is 48.2. The molecule has 0 unspecified atom stereocenters. The number of nitrogens with zero attached hydrogens (tertiary/aromatic N) is 2. The molecular weight excluding hydrogens is 453 g/mol. The number of aryl methyl sites for hydroxylation is 1. The average Bonchev–Trinajstić information content (AvgIpc) is 2.67. The third kappa shape index (κ3) is 4.24. The summed E-state index contributed by atoms with van der Waals surface area (Å²) in [6.45, 7) is 1.21. The maximum absolute atomic E-state index is 14.1. The summed E-state index contributed by atoms with van der Waals surface area (Å²) in [6.07, 6.45) is 0. The van der Waals surface area contributed by atoms with Gasteiger partial charge in [0, 0.05) is 11.8 Å². The zero-order valence-electron chi connectivity index (χ0n) is 15.1. The van der Waals surface area contributed by atoms with Crippen molar-refractivity contribution in [3.8, 4) is 11.4 Å². The molecule has 0 aliphatic carbocycles. The van der Waals surface area contributed by atoms with Gasteiger partial charge in [-0.15, -0.1) is 0 Å². The number of benzene rings is 2. The molecule has 29 heavy (non-hydrogen) atoms. The smallest absolute Gasteiger partial charge is 0.273 e. The highest BCUT2D eigenvalue weighted by atomic mass is 79.9. The van der Waals surface area contributed by atoms with Gasteiger partial charge in [-0.05, 0) is 58.2 Å². The fourth-order valence-electron chi connectivity index (χ4n) is 2.87. The molecule has 0 aliphatic heterocycles. The summed E-state index contributed by atoms with van der Waals surface area (Å²) in [5, 5.41) is 2.76. The molecule has 9 heteroatoms. The zero-order chi connectivity index (χ0) is 21.1. The molecule has 3 aromatic rings. The van der Waals surface area contributed by atoms with Crippen molar-refractivity contribution >= 4 is 15.9 Å². The van der Waals surface area contributed by atoms with Gasteiger partial charge >= 0.3 is 0 Å². The van der Waals surface area contributed by atoms with Crippen molar-refractivity contribution in [1.29, 1.82) is 0 Å². The van der Waals surface area contributed by atoms with E-state index in [1.807, 2.05) is 0 Å². The van der Waals surface area contributed by atoms with E-state index in [0.29, 0.717) is 11.1 Å². The minimum atomic E-state index is -0.881. The van der Waals surface area contributed by atoms with Crippen LogP contribution in [0.1, 0.15) is 16.8 Å². The van der Waals surface area contributed by atoms with E-state index < -0.39 is 28.7 Å². The Bertz CT molecular complexity index is 1130. The Labute approximate surface area is 171 Å². The monoisotopic (exact) mass is 466 g/mol. The minimum Gasteiger partial charge on any atom is -0.487 e. The van der Waals surface area contributed by atoms with Gasteiger partial charge in [0.05, 0.1) is 0 Å². The van der Waals surface area contributed by atoms with E-state index in [1.165, 1.54) is 37.3 Å². The standard InChI is InChI=1S/C20H14BrF3N2O3/c1-11-7-17(29-10-12-5-6-14(22)8-13(12)9-25-28)18(21)20(27)26(11)19-15(23)3-2-4-16(19)24/h2-8H,9-10H2,1H3. The van der Waals surface area contributed by atoms with Crippen LogP contribution in [0.15, 0.2) is 56.9 Å². The second-order valence-corrected chi connectivity index (χ2v) is 6.96. The van der Waals surface area contributed by atoms with Crippen molar-refractivity contribution in [3.05, 3.63) is 96.5 Å². The van der Waals surface area contributed by atoms with Gasteiger partial charge < -0.3 is 4.74 Å². The lowest BCUT2D eigenvalue weighted by molar-refractivity contribution is 0.301. The van der Waals surface area contributed by atoms with Gasteiger partial charge in [0.2, 0.25) is 0 Å². The van der Waals surface area contributed by atoms with Gasteiger partial charge in [0.25, 0.3) is 5.56 Å². The van der Waals surface area contributed by atoms with Crippen LogP contribution in [0.25, 0.3) is 5.69 Å². The number of hydrogen-bond acceptors (Lipinski definition) is 4. The lowest BCUT2D eigenvalue weighted by Crippen LogP contribution is -2.24. The first-order valence-corrected chi connectivity index (χ1v) is 9.18. The van der Waals surface area contributed by atoms with Crippen LogP contribution in [-0.4, -0.2) is 4.57 Å². The van der Waals surface area contributed by atoms with Gasteiger partial charge in [-0.2, -0.15) is 4.91 Å². The first-order chi connectivity index (χ1) is 13.8. The molecule has 0 atom stereocenters. The molecule has 1 aromatic heterocycles. The Hall–Kier alpha value is -2.94. The first kappa shape index (κ1) is 20.8. The molecular formula is C20H14BrF3N2O3. The second kappa shape index (κ2) is 8.60. The molecule has 1 heterocycles. The van der Waals surface area contributed by atoms with Gasteiger partial charge in [-0.1, -0.05) is 17.3 Å². The Morgan fingerprint density at radius 2 is 1.76 bits per heavy atom. The van der Waals surface area contributed by atoms with E-state index in [-0.39, 0.29) is 29.1 Å². The number of nitroso groups, excluding NO2 is 1. The molecule has 2 aromatic carbocycles. The number of ether oxygens (including phenoxy) is 1. The highest BCUT2D eigenvalue weighted by Crippen LogP contribution is 2.27. The van der Waals surface area contributed by atoms with Crippen LogP contribution in [0.4, 0.5) is 13.2 Å². The first-order valence-electron chi connectivity index (χ1n) is 8.39. The topological polar surface area (TPSA) is 60.7 Å². The van der Waals surface area contributed by atoms with E-state index in [9.17, 15) is 22.9 Å². The molecule has 150 valence electrons. The number of para-hydroxylation sites is 1. The minimum absolute atomic E-state index is 0.0390. The van der Waals surface area contributed by atoms with Crippen LogP contribution in [0.3, 0.4) is 0 Å². The van der Waals surface area contributed by atoms with Gasteiger partial charge in [-0.3, -0.25) is 9.36 Å². The highest BCUT2D eigenvalue weighted by Gasteiger charge is 2.19. The summed E-state index contributed by atoms with van der Waals surface area (Å²) in [5.74, 6) is -2.14. The molecule has 0 fully saturated rings. The van der Waals surface area contributed by atoms with Crippen LogP contribution < -0.4 is 10.3 Å². The van der Waals surface area contributed by atoms with Crippen molar-refractivity contribution in [1.82, 2.24) is 4.57 Å². The largest absolute Gasteiger partial charge is 0.487 e. The Kier molecular flexibility index (Phi) is 6.17. The average molecular weight is 467 g/mol. The third-order valence-corrected chi connectivity index (χ3v) is 4.98. The highest BCUT2D eigenvalue weighted by molar-refractivity contribution is 9.10. The maximum Gasteiger partial charge on any atom is 0.273 e. The van der Waals surface area contributed by atoms with Gasteiger partial charge in [0.1, 0.15) is 46.5 Å². The Morgan fingerprint density at radius 3 is 2.41 bits per heavy atom. The normalized spacial score (nSPS) is 10.8. The summed E-state index contributed by atoms with van der Waals surface area (Å²) in [5.41, 5.74) is -0.0846. The van der Waals surface area contributed by atoms with Crippen molar-refractivity contribution < 1.29 is 17.9 Å². The summed E-state index contributed by atoms with van der Waals surface area (Å²) in [6, 6.07) is 8.60. The van der Waals surface area contributed by atoms with E-state index in [1.54, 1.807) is 0 Å². The van der Waals surface area contributed by atoms with Crippen LogP contribution in [0.5, 0.6) is 5.75 Å². The molecule has 0 bridgehead atoms. The molecule has 0 N–H and O–H groups in total. The second-order valence-electron chi connectivity index (χ2n) is 6.16. The lowest BCUT2D eigenvalue weighted by atomic mass is 10.1. The van der Waals surface area contributed by atoms with Crippen LogP contribution in [0.2, 0.25) is 0 Å². The number of hydrogen-bond donors (Lipinski definition) is 0. The number of halogens is 4. The number of aromatic nitrogens is 1. The summed E-state index contributed by atoms with van der Waals surface area (Å²) in [4.78, 5) is 23.3. The van der Waals surface area contributed by atoms with Gasteiger partial charge in [-0.25, -0.2) is 13.2 Å². The molecule has 0 saturated carbocycles. The third-order valence-electron chi connectivity index (χ3n) is 4.25. The zero-order valence-corrected chi connectivity index (χ0v) is 16.7. The van der Waals surface area contributed by atoms with E-state index in [0.717, 1.165) is 16.7 Å². The lowest BCUT2D eigenvalue weighted by Gasteiger charge is -2.16. The predicted octanol–water partition coefficient (Wildman–Crippen LogP) is 5.17. The van der Waals surface area contributed by atoms with Crippen LogP contribution >= 0.6 is 15.9 Å². The maximum atomic E-state index is 14.1.